The fraction of sp³-hybridized carbons (Fsp3) is 0.538. The zero-order valence-corrected chi connectivity index (χ0v) is 20.4. The van der Waals surface area contributed by atoms with E-state index in [2.05, 4.69) is 51.1 Å². The molecule has 3 aromatic rings. The number of nitrogens with one attached hydrogen (secondary N) is 1. The maximum atomic E-state index is 6.57. The number of aromatic nitrogens is 4. The molecule has 2 fully saturated rings. The molecule has 3 heterocycles. The van der Waals surface area contributed by atoms with Gasteiger partial charge in [-0.15, -0.1) is 0 Å². The highest BCUT2D eigenvalue weighted by Crippen LogP contribution is 2.33. The minimum absolute atomic E-state index is 0.169. The van der Waals surface area contributed by atoms with Crippen LogP contribution in [-0.2, 0) is 11.2 Å². The molecular formula is C26H34N6O2. The van der Waals surface area contributed by atoms with Crippen LogP contribution in [-0.4, -0.2) is 58.4 Å². The minimum Gasteiger partial charge on any atom is -0.488 e. The van der Waals surface area contributed by atoms with Crippen LogP contribution in [0.25, 0.3) is 11.0 Å². The fourth-order valence-corrected chi connectivity index (χ4v) is 5.10. The second-order valence-electron chi connectivity index (χ2n) is 9.24. The summed E-state index contributed by atoms with van der Waals surface area (Å²) < 4.78 is 12.1. The van der Waals surface area contributed by atoms with Gasteiger partial charge in [-0.05, 0) is 52.0 Å². The summed E-state index contributed by atoms with van der Waals surface area (Å²) in [6.07, 6.45) is 8.65. The number of nitrogens with zero attached hydrogens (tertiary/aromatic N) is 5. The number of benzene rings is 1. The molecule has 0 spiro atoms. The second-order valence-corrected chi connectivity index (χ2v) is 9.24. The Labute approximate surface area is 201 Å². The van der Waals surface area contributed by atoms with Crippen molar-refractivity contribution in [1.29, 1.82) is 0 Å². The van der Waals surface area contributed by atoms with Gasteiger partial charge in [0.1, 0.15) is 22.9 Å². The lowest BCUT2D eigenvalue weighted by atomic mass is 9.92. The Bertz CT molecular complexity index is 1140. The number of ether oxygens (including phenoxy) is 2. The Morgan fingerprint density at radius 1 is 1.03 bits per heavy atom. The van der Waals surface area contributed by atoms with E-state index >= 15 is 0 Å². The van der Waals surface area contributed by atoms with Crippen molar-refractivity contribution in [2.45, 2.75) is 65.0 Å². The molecule has 0 bridgehead atoms. The van der Waals surface area contributed by atoms with Gasteiger partial charge in [-0.2, -0.15) is 0 Å². The van der Waals surface area contributed by atoms with E-state index < -0.39 is 0 Å². The van der Waals surface area contributed by atoms with Crippen molar-refractivity contribution in [3.63, 3.8) is 0 Å². The highest BCUT2D eigenvalue weighted by molar-refractivity contribution is 5.85. The van der Waals surface area contributed by atoms with Crippen LogP contribution in [0.4, 0.5) is 11.5 Å². The molecule has 2 aliphatic rings. The average Bonchev–Trinajstić information content (AvgIpc) is 2.85. The average molecular weight is 463 g/mol. The molecule has 8 nitrogen and oxygen atoms in total. The smallest absolute Gasteiger partial charge is 0.149 e. The summed E-state index contributed by atoms with van der Waals surface area (Å²) in [7, 11) is 0. The summed E-state index contributed by atoms with van der Waals surface area (Å²) in [5.41, 5.74) is 5.12. The number of aryl methyl sites for hydroxylation is 2. The first-order valence-electron chi connectivity index (χ1n) is 12.5. The molecule has 0 radical (unpaired) electrons. The quantitative estimate of drug-likeness (QED) is 0.582. The largest absolute Gasteiger partial charge is 0.488 e. The van der Waals surface area contributed by atoms with Crippen LogP contribution in [0.2, 0.25) is 0 Å². The van der Waals surface area contributed by atoms with Crippen molar-refractivity contribution in [3.05, 3.63) is 41.6 Å². The van der Waals surface area contributed by atoms with Crippen LogP contribution in [0.1, 0.15) is 49.7 Å². The lowest BCUT2D eigenvalue weighted by Crippen LogP contribution is -2.36. The standard InChI is InChI=1S/C26H34N6O2/c1-4-22-17(2)29-18(3)30-26(22)31-19-5-7-21(8-6-19)34-24-16-20(32-11-13-33-14-12-32)15-23-25(24)28-10-9-27-23/h9-10,15-16,19,21H,4-8,11-14H2,1-3H3,(H,29,30,31)/t19-,21+. The third-order valence-electron chi connectivity index (χ3n) is 6.89. The highest BCUT2D eigenvalue weighted by Gasteiger charge is 2.25. The Kier molecular flexibility index (Phi) is 6.76. The van der Waals surface area contributed by atoms with Crippen LogP contribution in [0.15, 0.2) is 24.5 Å². The van der Waals surface area contributed by atoms with E-state index in [1.807, 2.05) is 6.92 Å². The first-order chi connectivity index (χ1) is 16.6. The first-order valence-corrected chi connectivity index (χ1v) is 12.5. The Morgan fingerprint density at radius 3 is 2.56 bits per heavy atom. The monoisotopic (exact) mass is 462 g/mol. The number of anilines is 2. The molecule has 1 aliphatic heterocycles. The Hall–Kier alpha value is -3.00. The van der Waals surface area contributed by atoms with Gasteiger partial charge in [-0.3, -0.25) is 4.98 Å². The second kappa shape index (κ2) is 10.1. The molecule has 0 unspecified atom stereocenters. The molecule has 1 N–H and O–H groups in total. The molecule has 180 valence electrons. The van der Waals surface area contributed by atoms with E-state index in [1.165, 1.54) is 5.56 Å². The predicted molar refractivity (Wildman–Crippen MR) is 134 cm³/mol. The number of hydrogen-bond donors (Lipinski definition) is 1. The van der Waals surface area contributed by atoms with Crippen molar-refractivity contribution < 1.29 is 9.47 Å². The third-order valence-corrected chi connectivity index (χ3v) is 6.89. The molecule has 5 rings (SSSR count). The topological polar surface area (TPSA) is 85.3 Å². The van der Waals surface area contributed by atoms with Gasteiger partial charge in [0.15, 0.2) is 0 Å². The molecule has 8 heteroatoms. The molecule has 0 atom stereocenters. The van der Waals surface area contributed by atoms with Crippen LogP contribution >= 0.6 is 0 Å². The van der Waals surface area contributed by atoms with Gasteiger partial charge < -0.3 is 19.7 Å². The predicted octanol–water partition coefficient (Wildman–Crippen LogP) is 4.24. The first kappa shape index (κ1) is 22.8. The van der Waals surface area contributed by atoms with E-state index in [4.69, 9.17) is 14.5 Å². The van der Waals surface area contributed by atoms with Crippen molar-refractivity contribution >= 4 is 22.5 Å². The molecule has 2 aromatic heterocycles. The summed E-state index contributed by atoms with van der Waals surface area (Å²) in [4.78, 5) is 20.7. The Balaban J connectivity index is 1.28. The van der Waals surface area contributed by atoms with Crippen LogP contribution < -0.4 is 15.0 Å². The van der Waals surface area contributed by atoms with Crippen LogP contribution in [0.3, 0.4) is 0 Å². The van der Waals surface area contributed by atoms with E-state index in [-0.39, 0.29) is 6.10 Å². The molecule has 1 aliphatic carbocycles. The van der Waals surface area contributed by atoms with Gasteiger partial charge in [0.05, 0.1) is 24.8 Å². The van der Waals surface area contributed by atoms with Crippen molar-refractivity contribution in [1.82, 2.24) is 19.9 Å². The lowest BCUT2D eigenvalue weighted by Gasteiger charge is -2.32. The minimum atomic E-state index is 0.169. The number of rotatable bonds is 6. The van der Waals surface area contributed by atoms with Gasteiger partial charge in [-0.1, -0.05) is 6.92 Å². The maximum absolute atomic E-state index is 6.57. The zero-order valence-electron chi connectivity index (χ0n) is 20.4. The Morgan fingerprint density at radius 2 is 1.79 bits per heavy atom. The van der Waals surface area contributed by atoms with Crippen molar-refractivity contribution in [2.75, 3.05) is 36.5 Å². The third kappa shape index (κ3) is 4.92. The van der Waals surface area contributed by atoms with Gasteiger partial charge in [0, 0.05) is 54.5 Å². The summed E-state index contributed by atoms with van der Waals surface area (Å²) in [5, 5.41) is 3.70. The van der Waals surface area contributed by atoms with E-state index in [0.29, 0.717) is 6.04 Å². The normalized spacial score (nSPS) is 21.0. The number of hydrogen-bond acceptors (Lipinski definition) is 8. The summed E-state index contributed by atoms with van der Waals surface area (Å²) in [6, 6.07) is 4.64. The molecule has 1 saturated carbocycles. The summed E-state index contributed by atoms with van der Waals surface area (Å²) in [5.74, 6) is 2.65. The lowest BCUT2D eigenvalue weighted by molar-refractivity contribution is 0.122. The van der Waals surface area contributed by atoms with Gasteiger partial charge in [-0.25, -0.2) is 15.0 Å². The van der Waals surface area contributed by atoms with Gasteiger partial charge in [0.2, 0.25) is 0 Å². The number of morpholine rings is 1. The maximum Gasteiger partial charge on any atom is 0.149 e. The van der Waals surface area contributed by atoms with Crippen LogP contribution in [0, 0.1) is 13.8 Å². The summed E-state index contributed by atoms with van der Waals surface area (Å²) >= 11 is 0. The van der Waals surface area contributed by atoms with Gasteiger partial charge >= 0.3 is 0 Å². The zero-order chi connectivity index (χ0) is 23.5. The molecule has 1 saturated heterocycles. The van der Waals surface area contributed by atoms with Crippen molar-refractivity contribution in [2.24, 2.45) is 0 Å². The van der Waals surface area contributed by atoms with E-state index in [0.717, 1.165) is 98.2 Å². The van der Waals surface area contributed by atoms with E-state index in [1.54, 1.807) is 12.4 Å². The van der Waals surface area contributed by atoms with Gasteiger partial charge in [0.25, 0.3) is 0 Å². The molecule has 34 heavy (non-hydrogen) atoms. The fourth-order valence-electron chi connectivity index (χ4n) is 5.10. The highest BCUT2D eigenvalue weighted by atomic mass is 16.5. The molecule has 0 amide bonds. The summed E-state index contributed by atoms with van der Waals surface area (Å²) in [6.45, 7) is 9.44. The van der Waals surface area contributed by atoms with E-state index in [9.17, 15) is 0 Å². The van der Waals surface area contributed by atoms with Crippen molar-refractivity contribution in [3.8, 4) is 5.75 Å². The molecule has 1 aromatic carbocycles. The number of fused-ring (bicyclic) bond motifs is 1. The van der Waals surface area contributed by atoms with Crippen LogP contribution in [0.5, 0.6) is 5.75 Å². The SMILES string of the molecule is CCc1c(C)nc(C)nc1N[C@H]1CC[C@@H](Oc2cc(N3CCOCC3)cc3nccnc23)CC1. The molecular weight excluding hydrogens is 428 g/mol.